The fourth-order valence-electron chi connectivity index (χ4n) is 3.35. The normalized spacial score (nSPS) is 11.9. The molecule has 0 saturated heterocycles. The Morgan fingerprint density at radius 2 is 1.33 bits per heavy atom. The molecule has 0 aliphatic heterocycles. The summed E-state index contributed by atoms with van der Waals surface area (Å²) in [5, 5.41) is 0. The average molecular weight is 510 g/mol. The van der Waals surface area contributed by atoms with Gasteiger partial charge in [-0.15, -0.1) is 0 Å². The van der Waals surface area contributed by atoms with E-state index in [2.05, 4.69) is 4.74 Å². The predicted octanol–water partition coefficient (Wildman–Crippen LogP) is 9.49. The number of halogens is 7. The molecule has 0 atom stereocenters. The van der Waals surface area contributed by atoms with Crippen LogP contribution in [0.5, 0.6) is 5.75 Å². The van der Waals surface area contributed by atoms with Crippen LogP contribution in [-0.4, -0.2) is 0 Å². The van der Waals surface area contributed by atoms with E-state index in [0.717, 1.165) is 13.0 Å². The van der Waals surface area contributed by atoms with Crippen molar-refractivity contribution in [2.24, 2.45) is 0 Å². The van der Waals surface area contributed by atoms with E-state index < -0.39 is 52.1 Å². The average Bonchev–Trinajstić information content (AvgIpc) is 2.81. The van der Waals surface area contributed by atoms with Gasteiger partial charge in [0.2, 0.25) is 0 Å². The third-order valence-corrected chi connectivity index (χ3v) is 5.10. The first-order valence-electron chi connectivity index (χ1n) is 11.1. The predicted molar refractivity (Wildman–Crippen MR) is 127 cm³/mol. The van der Waals surface area contributed by atoms with Crippen LogP contribution in [0, 0.1) is 36.0 Å². The molecule has 3 aromatic rings. The molecule has 8 heteroatoms. The molecule has 0 aromatic heterocycles. The van der Waals surface area contributed by atoms with Gasteiger partial charge in [0.25, 0.3) is 0 Å². The molecule has 0 spiro atoms. The largest absolute Gasteiger partial charge is 0.432 e. The van der Waals surface area contributed by atoms with Crippen LogP contribution in [0.2, 0.25) is 0 Å². The van der Waals surface area contributed by atoms with Gasteiger partial charge in [0.15, 0.2) is 0 Å². The molecule has 0 aliphatic carbocycles. The van der Waals surface area contributed by atoms with Gasteiger partial charge in [-0.2, -0.15) is 8.78 Å². The lowest BCUT2D eigenvalue weighted by atomic mass is 9.98. The monoisotopic (exact) mass is 510 g/mol. The summed E-state index contributed by atoms with van der Waals surface area (Å²) in [6.45, 7) is 8.62. The molecule has 0 unspecified atom stereocenters. The Hall–Kier alpha value is -3.55. The maximum atomic E-state index is 14.7. The molecule has 0 heterocycles. The first kappa shape index (κ1) is 28.7. The summed E-state index contributed by atoms with van der Waals surface area (Å²) < 4.78 is 105. The zero-order chi connectivity index (χ0) is 27.2. The fourth-order valence-corrected chi connectivity index (χ4v) is 3.35. The minimum Gasteiger partial charge on any atom is -0.429 e. The van der Waals surface area contributed by atoms with Crippen molar-refractivity contribution in [1.29, 1.82) is 0 Å². The highest BCUT2D eigenvalue weighted by atomic mass is 19.3. The maximum absolute atomic E-state index is 14.7. The molecule has 0 radical (unpaired) electrons. The minimum absolute atomic E-state index is 0.212. The Kier molecular flexibility index (Phi) is 9.50. The number of benzene rings is 3. The molecule has 3 aromatic carbocycles. The second kappa shape index (κ2) is 11.9. The van der Waals surface area contributed by atoms with Crippen molar-refractivity contribution in [2.75, 3.05) is 0 Å². The summed E-state index contributed by atoms with van der Waals surface area (Å²) in [5.41, 5.74) is -1.52. The van der Waals surface area contributed by atoms with Crippen LogP contribution in [0.4, 0.5) is 30.7 Å². The summed E-state index contributed by atoms with van der Waals surface area (Å²) in [5.74, 6) is -7.57. The van der Waals surface area contributed by atoms with E-state index in [1.54, 1.807) is 32.1 Å². The van der Waals surface area contributed by atoms with E-state index >= 15 is 0 Å². The topological polar surface area (TPSA) is 9.23 Å². The van der Waals surface area contributed by atoms with E-state index in [-0.39, 0.29) is 11.1 Å². The molecule has 0 fully saturated rings. The van der Waals surface area contributed by atoms with Crippen molar-refractivity contribution >= 4 is 5.57 Å². The van der Waals surface area contributed by atoms with Crippen LogP contribution in [-0.2, 0) is 6.11 Å². The van der Waals surface area contributed by atoms with Crippen molar-refractivity contribution in [1.82, 2.24) is 0 Å². The number of alkyl halides is 2. The minimum atomic E-state index is -4.61. The van der Waals surface area contributed by atoms with Crippen LogP contribution >= 0.6 is 0 Å². The molecule has 1 nitrogen and oxygen atoms in total. The zero-order valence-corrected chi connectivity index (χ0v) is 20.3. The van der Waals surface area contributed by atoms with Crippen molar-refractivity contribution in [3.63, 3.8) is 0 Å². The molecular weight excluding hydrogens is 485 g/mol. The Morgan fingerprint density at radius 3 is 1.81 bits per heavy atom. The molecule has 0 aliphatic rings. The highest BCUT2D eigenvalue weighted by Gasteiger charge is 2.41. The molecule has 0 N–H and O–H groups in total. The SMILES string of the molecule is C/C=C\C(=C/C)c1ccc(-c2cc(F)c(C(F)(F)Oc3cc(F)c(C)c(F)c3)c(F)c2)c(F)c1.CC. The van der Waals surface area contributed by atoms with Crippen molar-refractivity contribution < 1.29 is 35.5 Å². The van der Waals surface area contributed by atoms with Crippen LogP contribution < -0.4 is 4.74 Å². The quantitative estimate of drug-likeness (QED) is 0.237. The standard InChI is InChI=1S/C26H19F7O.C2H6/c1-4-6-15(5-2)16-7-8-19(22(29)9-16)17-10-23(30)25(24(31)11-17)26(32,33)34-18-12-20(27)14(3)21(28)13-18;1-2/h4-13H,1-3H3;1-2H3/b6-4-,15-5+;. The smallest absolute Gasteiger partial charge is 0.429 e. The second-order valence-electron chi connectivity index (χ2n) is 7.38. The lowest BCUT2D eigenvalue weighted by Gasteiger charge is -2.20. The maximum Gasteiger partial charge on any atom is 0.432 e. The van der Waals surface area contributed by atoms with Crippen LogP contribution in [0.1, 0.15) is 44.4 Å². The molecule has 0 bridgehead atoms. The molecule has 0 saturated carbocycles. The summed E-state index contributed by atoms with van der Waals surface area (Å²) in [6.07, 6.45) is 0.635. The van der Waals surface area contributed by atoms with Gasteiger partial charge in [-0.1, -0.05) is 44.2 Å². The summed E-state index contributed by atoms with van der Waals surface area (Å²) >= 11 is 0. The van der Waals surface area contributed by atoms with Crippen LogP contribution in [0.15, 0.2) is 60.7 Å². The number of rotatable bonds is 6. The van der Waals surface area contributed by atoms with Gasteiger partial charge in [-0.25, -0.2) is 22.0 Å². The molecule has 36 heavy (non-hydrogen) atoms. The van der Waals surface area contributed by atoms with E-state index in [4.69, 9.17) is 0 Å². The van der Waals surface area contributed by atoms with Gasteiger partial charge in [0.1, 0.15) is 40.4 Å². The highest BCUT2D eigenvalue weighted by molar-refractivity contribution is 5.76. The number of ether oxygens (including phenoxy) is 1. The number of allylic oxidation sites excluding steroid dienone is 4. The van der Waals surface area contributed by atoms with Gasteiger partial charge in [-0.3, -0.25) is 0 Å². The van der Waals surface area contributed by atoms with Gasteiger partial charge in [-0.05, 0) is 55.7 Å². The summed E-state index contributed by atoms with van der Waals surface area (Å²) in [6, 6.07) is 5.97. The summed E-state index contributed by atoms with van der Waals surface area (Å²) in [4.78, 5) is 0. The highest BCUT2D eigenvalue weighted by Crippen LogP contribution is 2.38. The Morgan fingerprint density at radius 1 is 0.778 bits per heavy atom. The fraction of sp³-hybridized carbons (Fsp3) is 0.214. The number of hydrogen-bond acceptors (Lipinski definition) is 1. The third kappa shape index (κ3) is 6.17. The van der Waals surface area contributed by atoms with Crippen molar-refractivity contribution in [3.05, 3.63) is 106 Å². The Bertz CT molecular complexity index is 1250. The molecular formula is C28H25F7O. The van der Waals surface area contributed by atoms with Gasteiger partial charge in [0, 0.05) is 23.3 Å². The van der Waals surface area contributed by atoms with Crippen LogP contribution in [0.3, 0.4) is 0 Å². The van der Waals surface area contributed by atoms with Gasteiger partial charge < -0.3 is 4.74 Å². The Balaban J connectivity index is 0.00000222. The van der Waals surface area contributed by atoms with Gasteiger partial charge >= 0.3 is 6.11 Å². The van der Waals surface area contributed by atoms with Crippen molar-refractivity contribution in [3.8, 4) is 16.9 Å². The molecule has 3 rings (SSSR count). The third-order valence-electron chi connectivity index (χ3n) is 5.10. The first-order chi connectivity index (χ1) is 17.0. The zero-order valence-electron chi connectivity index (χ0n) is 20.3. The summed E-state index contributed by atoms with van der Waals surface area (Å²) in [7, 11) is 0. The van der Waals surface area contributed by atoms with E-state index in [9.17, 15) is 30.7 Å². The van der Waals surface area contributed by atoms with E-state index in [1.165, 1.54) is 12.1 Å². The van der Waals surface area contributed by atoms with E-state index in [0.29, 0.717) is 35.4 Å². The van der Waals surface area contributed by atoms with Crippen LogP contribution in [0.25, 0.3) is 16.7 Å². The lowest BCUT2D eigenvalue weighted by molar-refractivity contribution is -0.189. The lowest BCUT2D eigenvalue weighted by Crippen LogP contribution is -2.25. The molecule has 192 valence electrons. The first-order valence-corrected chi connectivity index (χ1v) is 11.1. The number of hydrogen-bond donors (Lipinski definition) is 0. The van der Waals surface area contributed by atoms with Gasteiger partial charge in [0.05, 0.1) is 0 Å². The Labute approximate surface area is 205 Å². The second-order valence-corrected chi connectivity index (χ2v) is 7.38. The van der Waals surface area contributed by atoms with E-state index in [1.807, 2.05) is 13.8 Å². The molecule has 0 amide bonds. The van der Waals surface area contributed by atoms with Crippen molar-refractivity contribution in [2.45, 2.75) is 40.7 Å².